The van der Waals surface area contributed by atoms with E-state index in [0.717, 1.165) is 12.2 Å². The maximum atomic E-state index is 9.34. The van der Waals surface area contributed by atoms with Crippen LogP contribution in [-0.4, -0.2) is 30.4 Å². The molecule has 1 rings (SSSR count). The van der Waals surface area contributed by atoms with Crippen LogP contribution in [0.2, 0.25) is 0 Å². The molecule has 0 bridgehead atoms. The minimum absolute atomic E-state index is 0.0232. The largest absolute Gasteiger partial charge is 0.492 e. The lowest BCUT2D eigenvalue weighted by atomic mass is 9.98. The van der Waals surface area contributed by atoms with Crippen molar-refractivity contribution in [1.82, 2.24) is 5.32 Å². The zero-order valence-electron chi connectivity index (χ0n) is 12.5. The number of nitrogens with one attached hydrogen (secondary N) is 1. The lowest BCUT2D eigenvalue weighted by molar-refractivity contribution is 0.176. The van der Waals surface area contributed by atoms with Crippen molar-refractivity contribution < 1.29 is 9.84 Å². The van der Waals surface area contributed by atoms with E-state index in [-0.39, 0.29) is 12.6 Å². The van der Waals surface area contributed by atoms with Gasteiger partial charge in [-0.3, -0.25) is 0 Å². The molecule has 0 radical (unpaired) electrons. The standard InChI is InChI=1S/C16H27NO2/c1-5-13(4)15-8-6-7-9-16(15)19-11-14(10-18)17-12(2)3/h6-9,12-14,17-18H,5,10-11H2,1-4H3. The van der Waals surface area contributed by atoms with Crippen molar-refractivity contribution in [1.29, 1.82) is 0 Å². The molecule has 3 nitrogen and oxygen atoms in total. The zero-order valence-corrected chi connectivity index (χ0v) is 12.5. The van der Waals surface area contributed by atoms with E-state index in [0.29, 0.717) is 18.6 Å². The van der Waals surface area contributed by atoms with Crippen LogP contribution in [0.5, 0.6) is 5.75 Å². The second-order valence-electron chi connectivity index (χ2n) is 5.36. The summed E-state index contributed by atoms with van der Waals surface area (Å²) in [7, 11) is 0. The van der Waals surface area contributed by atoms with Gasteiger partial charge in [-0.05, 0) is 24.0 Å². The molecule has 2 unspecified atom stereocenters. The lowest BCUT2D eigenvalue weighted by Gasteiger charge is -2.21. The van der Waals surface area contributed by atoms with Gasteiger partial charge < -0.3 is 15.2 Å². The summed E-state index contributed by atoms with van der Waals surface area (Å²) in [5.41, 5.74) is 1.24. The van der Waals surface area contributed by atoms with Gasteiger partial charge >= 0.3 is 0 Å². The lowest BCUT2D eigenvalue weighted by Crippen LogP contribution is -2.41. The van der Waals surface area contributed by atoms with Crippen molar-refractivity contribution in [2.75, 3.05) is 13.2 Å². The van der Waals surface area contributed by atoms with Gasteiger partial charge in [0.15, 0.2) is 0 Å². The predicted octanol–water partition coefficient (Wildman–Crippen LogP) is 2.94. The average molecular weight is 265 g/mol. The van der Waals surface area contributed by atoms with E-state index < -0.39 is 0 Å². The topological polar surface area (TPSA) is 41.5 Å². The molecule has 0 amide bonds. The van der Waals surface area contributed by atoms with Gasteiger partial charge in [0.05, 0.1) is 12.6 Å². The normalized spacial score (nSPS) is 14.4. The van der Waals surface area contributed by atoms with Crippen LogP contribution in [0.1, 0.15) is 45.6 Å². The molecule has 0 aliphatic heterocycles. The third-order valence-electron chi connectivity index (χ3n) is 3.29. The fraction of sp³-hybridized carbons (Fsp3) is 0.625. The number of rotatable bonds is 8. The Balaban J connectivity index is 2.66. The molecule has 108 valence electrons. The highest BCUT2D eigenvalue weighted by Crippen LogP contribution is 2.28. The van der Waals surface area contributed by atoms with Crippen molar-refractivity contribution in [2.45, 2.75) is 52.1 Å². The summed E-state index contributed by atoms with van der Waals surface area (Å²) in [5.74, 6) is 1.42. The van der Waals surface area contributed by atoms with Crippen LogP contribution in [0.3, 0.4) is 0 Å². The number of para-hydroxylation sites is 1. The summed E-state index contributed by atoms with van der Waals surface area (Å²) in [4.78, 5) is 0. The number of hydrogen-bond donors (Lipinski definition) is 2. The van der Waals surface area contributed by atoms with E-state index in [1.54, 1.807) is 0 Å². The van der Waals surface area contributed by atoms with Crippen molar-refractivity contribution in [3.63, 3.8) is 0 Å². The van der Waals surface area contributed by atoms with Gasteiger partial charge in [0.1, 0.15) is 12.4 Å². The van der Waals surface area contributed by atoms with Gasteiger partial charge in [0.2, 0.25) is 0 Å². The fourth-order valence-electron chi connectivity index (χ4n) is 2.05. The molecule has 1 aromatic carbocycles. The average Bonchev–Trinajstić information content (AvgIpc) is 2.42. The van der Waals surface area contributed by atoms with E-state index in [1.807, 2.05) is 18.2 Å². The molecule has 0 aliphatic carbocycles. The highest BCUT2D eigenvalue weighted by Gasteiger charge is 2.13. The van der Waals surface area contributed by atoms with Gasteiger partial charge in [-0.2, -0.15) is 0 Å². The van der Waals surface area contributed by atoms with Crippen LogP contribution < -0.4 is 10.1 Å². The second kappa shape index (κ2) is 8.18. The van der Waals surface area contributed by atoms with Gasteiger partial charge in [-0.15, -0.1) is 0 Å². The number of aliphatic hydroxyl groups is 1. The zero-order chi connectivity index (χ0) is 14.3. The Morgan fingerprint density at radius 3 is 2.47 bits per heavy atom. The summed E-state index contributed by atoms with van der Waals surface area (Å²) in [6.45, 7) is 9.09. The molecule has 2 N–H and O–H groups in total. The van der Waals surface area contributed by atoms with Crippen LogP contribution in [0.25, 0.3) is 0 Å². The number of benzene rings is 1. The molecular weight excluding hydrogens is 238 g/mol. The molecule has 3 heteroatoms. The van der Waals surface area contributed by atoms with Crippen LogP contribution in [0.15, 0.2) is 24.3 Å². The minimum atomic E-state index is -0.0232. The fourth-order valence-corrected chi connectivity index (χ4v) is 2.05. The minimum Gasteiger partial charge on any atom is -0.492 e. The van der Waals surface area contributed by atoms with E-state index in [2.05, 4.69) is 39.1 Å². The maximum Gasteiger partial charge on any atom is 0.122 e. The quantitative estimate of drug-likeness (QED) is 0.759. The summed E-state index contributed by atoms with van der Waals surface area (Å²) >= 11 is 0. The highest BCUT2D eigenvalue weighted by atomic mass is 16.5. The Morgan fingerprint density at radius 2 is 1.89 bits per heavy atom. The first-order chi connectivity index (χ1) is 9.08. The molecule has 0 saturated carbocycles. The molecular formula is C16H27NO2. The van der Waals surface area contributed by atoms with Crippen LogP contribution >= 0.6 is 0 Å². The molecule has 0 spiro atoms. The van der Waals surface area contributed by atoms with Gasteiger partial charge in [0.25, 0.3) is 0 Å². The van der Waals surface area contributed by atoms with Gasteiger partial charge in [-0.25, -0.2) is 0 Å². The highest BCUT2D eigenvalue weighted by molar-refractivity contribution is 5.35. The number of ether oxygens (including phenoxy) is 1. The Kier molecular flexibility index (Phi) is 6.89. The molecule has 2 atom stereocenters. The SMILES string of the molecule is CCC(C)c1ccccc1OCC(CO)NC(C)C. The maximum absolute atomic E-state index is 9.34. The van der Waals surface area contributed by atoms with Crippen molar-refractivity contribution in [2.24, 2.45) is 0 Å². The Labute approximate surface area is 117 Å². The Bertz CT molecular complexity index is 366. The molecule has 0 fully saturated rings. The number of hydrogen-bond acceptors (Lipinski definition) is 3. The van der Waals surface area contributed by atoms with Crippen molar-refractivity contribution in [3.8, 4) is 5.75 Å². The van der Waals surface area contributed by atoms with Crippen LogP contribution in [0.4, 0.5) is 0 Å². The summed E-state index contributed by atoms with van der Waals surface area (Å²) in [6, 6.07) is 8.48. The van der Waals surface area contributed by atoms with E-state index in [9.17, 15) is 5.11 Å². The van der Waals surface area contributed by atoms with Crippen molar-refractivity contribution in [3.05, 3.63) is 29.8 Å². The first kappa shape index (κ1) is 16.0. The first-order valence-corrected chi connectivity index (χ1v) is 7.17. The van der Waals surface area contributed by atoms with Gasteiger partial charge in [-0.1, -0.05) is 45.9 Å². The molecule has 0 heterocycles. The van der Waals surface area contributed by atoms with Crippen molar-refractivity contribution >= 4 is 0 Å². The van der Waals surface area contributed by atoms with Crippen LogP contribution in [-0.2, 0) is 0 Å². The Morgan fingerprint density at radius 1 is 1.21 bits per heavy atom. The molecule has 0 aromatic heterocycles. The Hall–Kier alpha value is -1.06. The summed E-state index contributed by atoms with van der Waals surface area (Å²) in [5, 5.41) is 12.6. The van der Waals surface area contributed by atoms with Crippen LogP contribution in [0, 0.1) is 0 Å². The smallest absolute Gasteiger partial charge is 0.122 e. The molecule has 1 aromatic rings. The first-order valence-electron chi connectivity index (χ1n) is 7.17. The molecule has 0 saturated heterocycles. The second-order valence-corrected chi connectivity index (χ2v) is 5.36. The summed E-state index contributed by atoms with van der Waals surface area (Å²) in [6.07, 6.45) is 1.09. The van der Waals surface area contributed by atoms with E-state index in [4.69, 9.17) is 4.74 Å². The monoisotopic (exact) mass is 265 g/mol. The number of aliphatic hydroxyl groups excluding tert-OH is 1. The van der Waals surface area contributed by atoms with E-state index >= 15 is 0 Å². The summed E-state index contributed by atoms with van der Waals surface area (Å²) < 4.78 is 5.89. The third-order valence-corrected chi connectivity index (χ3v) is 3.29. The van der Waals surface area contributed by atoms with E-state index in [1.165, 1.54) is 5.56 Å². The van der Waals surface area contributed by atoms with Gasteiger partial charge in [0, 0.05) is 6.04 Å². The third kappa shape index (κ3) is 5.21. The molecule has 0 aliphatic rings. The predicted molar refractivity (Wildman–Crippen MR) is 79.8 cm³/mol. The molecule has 19 heavy (non-hydrogen) atoms.